The molecule has 1 saturated heterocycles. The molecule has 0 unspecified atom stereocenters. The average molecular weight is 384 g/mol. The highest BCUT2D eigenvalue weighted by atomic mass is 32.2. The quantitative estimate of drug-likeness (QED) is 0.738. The van der Waals surface area contributed by atoms with Crippen molar-refractivity contribution in [1.29, 1.82) is 0 Å². The molecule has 146 valence electrons. The van der Waals surface area contributed by atoms with E-state index in [0.717, 1.165) is 12.8 Å². The second kappa shape index (κ2) is 8.47. The molecular formula is C18H29N3O4S. The fourth-order valence-electron chi connectivity index (χ4n) is 2.80. The Kier molecular flexibility index (Phi) is 6.79. The van der Waals surface area contributed by atoms with Crippen molar-refractivity contribution in [2.45, 2.75) is 44.0 Å². The lowest BCUT2D eigenvalue weighted by atomic mass is 9.94. The zero-order chi connectivity index (χ0) is 19.4. The van der Waals surface area contributed by atoms with Gasteiger partial charge in [-0.15, -0.1) is 0 Å². The number of nitrogens with zero attached hydrogens (tertiary/aromatic N) is 1. The van der Waals surface area contributed by atoms with Gasteiger partial charge < -0.3 is 15.8 Å². The van der Waals surface area contributed by atoms with Crippen molar-refractivity contribution >= 4 is 15.9 Å². The van der Waals surface area contributed by atoms with E-state index in [-0.39, 0.29) is 10.8 Å². The van der Waals surface area contributed by atoms with Crippen molar-refractivity contribution in [2.75, 3.05) is 32.8 Å². The largest absolute Gasteiger partial charge is 0.379 e. The first-order chi connectivity index (χ1) is 12.2. The smallest absolute Gasteiger partial charge is 0.251 e. The number of morpholine rings is 1. The molecule has 1 aliphatic heterocycles. The van der Waals surface area contributed by atoms with Crippen LogP contribution >= 0.6 is 0 Å². The summed E-state index contributed by atoms with van der Waals surface area (Å²) in [6.07, 6.45) is 1.49. The molecule has 0 spiro atoms. The third-order valence-electron chi connectivity index (χ3n) is 5.05. The van der Waals surface area contributed by atoms with Gasteiger partial charge in [-0.25, -0.2) is 8.42 Å². The first-order valence-corrected chi connectivity index (χ1v) is 10.4. The Bertz CT molecular complexity index is 739. The van der Waals surface area contributed by atoms with Crippen LogP contribution in [-0.2, 0) is 14.8 Å². The van der Waals surface area contributed by atoms with Gasteiger partial charge in [0.1, 0.15) is 0 Å². The predicted molar refractivity (Wildman–Crippen MR) is 101 cm³/mol. The molecule has 7 nitrogen and oxygen atoms in total. The van der Waals surface area contributed by atoms with Crippen LogP contribution in [0, 0.1) is 6.92 Å². The minimum Gasteiger partial charge on any atom is -0.379 e. The van der Waals surface area contributed by atoms with Crippen LogP contribution in [-0.4, -0.2) is 57.0 Å². The molecule has 3 N–H and O–H groups in total. The predicted octanol–water partition coefficient (Wildman–Crippen LogP) is 1.26. The van der Waals surface area contributed by atoms with Crippen LogP contribution in [0.2, 0.25) is 0 Å². The van der Waals surface area contributed by atoms with E-state index < -0.39 is 15.6 Å². The fourth-order valence-corrected chi connectivity index (χ4v) is 4.46. The number of hydrogen-bond acceptors (Lipinski definition) is 5. The Labute approximate surface area is 155 Å². The highest BCUT2D eigenvalue weighted by molar-refractivity contribution is 7.89. The summed E-state index contributed by atoms with van der Waals surface area (Å²) >= 11 is 0. The maximum Gasteiger partial charge on any atom is 0.251 e. The second-order valence-corrected chi connectivity index (χ2v) is 8.66. The van der Waals surface area contributed by atoms with Gasteiger partial charge in [0.05, 0.1) is 18.1 Å². The SMILES string of the molecule is CCC(N)(CC)CNC(=O)c1ccc(C)c(S(=O)(=O)N2CCOCC2)c1. The van der Waals surface area contributed by atoms with E-state index in [1.54, 1.807) is 19.1 Å². The topological polar surface area (TPSA) is 102 Å². The molecule has 0 radical (unpaired) electrons. The average Bonchev–Trinajstić information content (AvgIpc) is 2.66. The number of aryl methyl sites for hydroxylation is 1. The lowest BCUT2D eigenvalue weighted by Gasteiger charge is -2.27. The van der Waals surface area contributed by atoms with Crippen molar-refractivity contribution in [3.63, 3.8) is 0 Å². The molecule has 0 atom stereocenters. The number of rotatable bonds is 7. The summed E-state index contributed by atoms with van der Waals surface area (Å²) in [7, 11) is -3.65. The van der Waals surface area contributed by atoms with Crippen molar-refractivity contribution in [3.05, 3.63) is 29.3 Å². The van der Waals surface area contributed by atoms with Crippen LogP contribution in [0.15, 0.2) is 23.1 Å². The van der Waals surface area contributed by atoms with Gasteiger partial charge in [-0.05, 0) is 37.5 Å². The summed E-state index contributed by atoms with van der Waals surface area (Å²) in [5.41, 5.74) is 6.69. The van der Waals surface area contributed by atoms with Crippen molar-refractivity contribution < 1.29 is 17.9 Å². The minimum atomic E-state index is -3.65. The standard InChI is InChI=1S/C18H29N3O4S/c1-4-18(19,5-2)13-20-17(22)15-7-6-14(3)16(12-15)26(23,24)21-8-10-25-11-9-21/h6-7,12H,4-5,8-11,13,19H2,1-3H3,(H,20,22). The van der Waals surface area contributed by atoms with E-state index in [9.17, 15) is 13.2 Å². The van der Waals surface area contributed by atoms with Gasteiger partial charge in [0.2, 0.25) is 10.0 Å². The first-order valence-electron chi connectivity index (χ1n) is 8.99. The molecule has 0 bridgehead atoms. The third kappa shape index (κ3) is 4.62. The number of nitrogens with two attached hydrogens (primary N) is 1. The van der Waals surface area contributed by atoms with Crippen molar-refractivity contribution in [2.24, 2.45) is 5.73 Å². The van der Waals surface area contributed by atoms with E-state index in [0.29, 0.717) is 44.0 Å². The summed E-state index contributed by atoms with van der Waals surface area (Å²) in [6, 6.07) is 4.75. The Morgan fingerprint density at radius 3 is 2.46 bits per heavy atom. The van der Waals surface area contributed by atoms with Gasteiger partial charge in [-0.3, -0.25) is 4.79 Å². The Morgan fingerprint density at radius 1 is 1.27 bits per heavy atom. The highest BCUT2D eigenvalue weighted by Crippen LogP contribution is 2.22. The van der Waals surface area contributed by atoms with Gasteiger partial charge in [-0.2, -0.15) is 4.31 Å². The number of hydrogen-bond donors (Lipinski definition) is 2. The van der Waals surface area contributed by atoms with Crippen LogP contribution in [0.25, 0.3) is 0 Å². The number of amides is 1. The third-order valence-corrected chi connectivity index (χ3v) is 7.09. The molecule has 8 heteroatoms. The molecule has 1 amide bonds. The first kappa shape index (κ1) is 20.8. The molecule has 0 saturated carbocycles. The molecule has 1 fully saturated rings. The Balaban J connectivity index is 2.22. The van der Waals surface area contributed by atoms with E-state index in [1.807, 2.05) is 13.8 Å². The van der Waals surface area contributed by atoms with Gasteiger partial charge in [0.25, 0.3) is 5.91 Å². The van der Waals surface area contributed by atoms with Gasteiger partial charge in [0, 0.05) is 30.7 Å². The number of carbonyl (C=O) groups excluding carboxylic acids is 1. The Morgan fingerprint density at radius 2 is 1.88 bits per heavy atom. The lowest BCUT2D eigenvalue weighted by Crippen LogP contribution is -2.49. The minimum absolute atomic E-state index is 0.164. The normalized spacial score (nSPS) is 16.5. The zero-order valence-electron chi connectivity index (χ0n) is 15.7. The number of benzene rings is 1. The van der Waals surface area contributed by atoms with Crippen LogP contribution in [0.3, 0.4) is 0 Å². The van der Waals surface area contributed by atoms with Gasteiger partial charge in [-0.1, -0.05) is 19.9 Å². The van der Waals surface area contributed by atoms with Crippen LogP contribution in [0.5, 0.6) is 0 Å². The zero-order valence-corrected chi connectivity index (χ0v) is 16.6. The number of nitrogens with one attached hydrogen (secondary N) is 1. The summed E-state index contributed by atoms with van der Waals surface area (Å²) in [4.78, 5) is 12.7. The van der Waals surface area contributed by atoms with Gasteiger partial charge >= 0.3 is 0 Å². The Hall–Kier alpha value is -1.48. The summed E-state index contributed by atoms with van der Waals surface area (Å²) in [5.74, 6) is -0.319. The molecular weight excluding hydrogens is 354 g/mol. The fraction of sp³-hybridized carbons (Fsp3) is 0.611. The van der Waals surface area contributed by atoms with Crippen LogP contribution in [0.1, 0.15) is 42.6 Å². The van der Waals surface area contributed by atoms with Crippen molar-refractivity contribution in [3.8, 4) is 0 Å². The second-order valence-electron chi connectivity index (χ2n) is 6.75. The maximum atomic E-state index is 12.9. The number of carbonyl (C=O) groups is 1. The van der Waals surface area contributed by atoms with Crippen LogP contribution < -0.4 is 11.1 Å². The molecule has 1 heterocycles. The summed E-state index contributed by atoms with van der Waals surface area (Å²) < 4.78 is 32.5. The molecule has 1 aromatic carbocycles. The molecule has 26 heavy (non-hydrogen) atoms. The maximum absolute atomic E-state index is 12.9. The summed E-state index contributed by atoms with van der Waals surface area (Å²) in [6.45, 7) is 7.44. The van der Waals surface area contributed by atoms with Gasteiger partial charge in [0.15, 0.2) is 0 Å². The van der Waals surface area contributed by atoms with E-state index in [2.05, 4.69) is 5.32 Å². The van der Waals surface area contributed by atoms with E-state index in [1.165, 1.54) is 10.4 Å². The monoisotopic (exact) mass is 383 g/mol. The van der Waals surface area contributed by atoms with E-state index in [4.69, 9.17) is 10.5 Å². The molecule has 0 aromatic heterocycles. The van der Waals surface area contributed by atoms with Crippen LogP contribution in [0.4, 0.5) is 0 Å². The molecule has 1 aromatic rings. The summed E-state index contributed by atoms with van der Waals surface area (Å²) in [5, 5.41) is 2.83. The highest BCUT2D eigenvalue weighted by Gasteiger charge is 2.28. The number of sulfonamides is 1. The van der Waals surface area contributed by atoms with E-state index >= 15 is 0 Å². The molecule has 0 aliphatic carbocycles. The molecule has 1 aliphatic rings. The lowest BCUT2D eigenvalue weighted by molar-refractivity contribution is 0.0730. The molecule has 2 rings (SSSR count). The number of ether oxygens (including phenoxy) is 1. The van der Waals surface area contributed by atoms with Crippen molar-refractivity contribution in [1.82, 2.24) is 9.62 Å².